The van der Waals surface area contributed by atoms with Crippen LogP contribution in [0.25, 0.3) is 0 Å². The van der Waals surface area contributed by atoms with E-state index in [0.717, 1.165) is 30.2 Å². The Hall–Kier alpha value is -2.29. The Morgan fingerprint density at radius 1 is 0.963 bits per heavy atom. The summed E-state index contributed by atoms with van der Waals surface area (Å²) in [6, 6.07) is 18.1. The Balaban J connectivity index is 1.40. The topological polar surface area (TPSA) is 41.1 Å². The Morgan fingerprint density at radius 2 is 1.78 bits per heavy atom. The molecule has 3 saturated carbocycles. The smallest absolute Gasteiger partial charge is 0.251 e. The summed E-state index contributed by atoms with van der Waals surface area (Å²) >= 11 is 0. The standard InChI is InChI=1S/C24H26N2O/c27-24(25-18-9-10-18)17-8-11-20-19(13-17)21-15-6-7-16(12-15)22(21)23(26-20)14-4-2-1-3-5-14/h1-5,8,11,13,15-16,18,21-23,26H,6-7,9-10,12H2,(H,25,27)/t15-,16-,21-,22-,23+/m0/s1. The molecule has 3 heteroatoms. The van der Waals surface area contributed by atoms with E-state index in [-0.39, 0.29) is 5.91 Å². The molecule has 1 heterocycles. The molecule has 0 aromatic heterocycles. The van der Waals surface area contributed by atoms with Gasteiger partial charge in [-0.15, -0.1) is 0 Å². The first-order chi connectivity index (χ1) is 13.3. The van der Waals surface area contributed by atoms with Crippen molar-refractivity contribution in [3.63, 3.8) is 0 Å². The average molecular weight is 358 g/mol. The predicted octanol–water partition coefficient (Wildman–Crippen LogP) is 4.88. The number of nitrogens with one attached hydrogen (secondary N) is 2. The zero-order valence-corrected chi connectivity index (χ0v) is 15.5. The predicted molar refractivity (Wildman–Crippen MR) is 107 cm³/mol. The van der Waals surface area contributed by atoms with E-state index in [1.807, 2.05) is 6.07 Å². The molecule has 0 radical (unpaired) electrons. The van der Waals surface area contributed by atoms with Crippen LogP contribution < -0.4 is 10.6 Å². The molecule has 0 spiro atoms. The number of carbonyl (C=O) groups is 1. The maximum atomic E-state index is 12.6. The minimum absolute atomic E-state index is 0.102. The maximum absolute atomic E-state index is 12.6. The number of carbonyl (C=O) groups excluding carboxylic acids is 1. The second-order valence-electron chi connectivity index (χ2n) is 9.02. The number of benzene rings is 2. The van der Waals surface area contributed by atoms with Crippen molar-refractivity contribution < 1.29 is 4.79 Å². The highest BCUT2D eigenvalue weighted by Crippen LogP contribution is 2.63. The van der Waals surface area contributed by atoms with Gasteiger partial charge in [0.2, 0.25) is 0 Å². The monoisotopic (exact) mass is 358 g/mol. The summed E-state index contributed by atoms with van der Waals surface area (Å²) in [5, 5.41) is 7.00. The van der Waals surface area contributed by atoms with E-state index in [9.17, 15) is 4.79 Å². The molecule has 2 bridgehead atoms. The molecule has 6 rings (SSSR count). The van der Waals surface area contributed by atoms with Crippen molar-refractivity contribution in [1.29, 1.82) is 0 Å². The minimum Gasteiger partial charge on any atom is -0.378 e. The fourth-order valence-electron chi connectivity index (χ4n) is 6.11. The first-order valence-electron chi connectivity index (χ1n) is 10.5. The second-order valence-corrected chi connectivity index (χ2v) is 9.02. The van der Waals surface area contributed by atoms with E-state index in [0.29, 0.717) is 23.9 Å². The van der Waals surface area contributed by atoms with Gasteiger partial charge in [0.15, 0.2) is 0 Å². The van der Waals surface area contributed by atoms with Crippen LogP contribution in [0.15, 0.2) is 48.5 Å². The van der Waals surface area contributed by atoms with Gasteiger partial charge in [0.25, 0.3) is 5.91 Å². The van der Waals surface area contributed by atoms with Crippen molar-refractivity contribution in [2.75, 3.05) is 5.32 Å². The summed E-state index contributed by atoms with van der Waals surface area (Å²) in [4.78, 5) is 12.6. The maximum Gasteiger partial charge on any atom is 0.251 e. The van der Waals surface area contributed by atoms with Gasteiger partial charge in [-0.1, -0.05) is 30.3 Å². The summed E-state index contributed by atoms with van der Waals surface area (Å²) < 4.78 is 0. The van der Waals surface area contributed by atoms with Crippen LogP contribution in [-0.2, 0) is 0 Å². The normalized spacial score (nSPS) is 33.1. The third kappa shape index (κ3) is 2.51. The summed E-state index contributed by atoms with van der Waals surface area (Å²) in [6.07, 6.45) is 6.34. The highest BCUT2D eigenvalue weighted by atomic mass is 16.1. The van der Waals surface area contributed by atoms with Crippen LogP contribution >= 0.6 is 0 Å². The van der Waals surface area contributed by atoms with Gasteiger partial charge in [-0.3, -0.25) is 4.79 Å². The van der Waals surface area contributed by atoms with Gasteiger partial charge in [-0.25, -0.2) is 0 Å². The molecule has 1 aliphatic heterocycles. The van der Waals surface area contributed by atoms with Crippen LogP contribution in [0.4, 0.5) is 5.69 Å². The first-order valence-corrected chi connectivity index (χ1v) is 10.5. The number of amides is 1. The number of fused-ring (bicyclic) bond motifs is 7. The van der Waals surface area contributed by atoms with E-state index in [1.54, 1.807) is 0 Å². The van der Waals surface area contributed by atoms with Gasteiger partial charge in [0.1, 0.15) is 0 Å². The third-order valence-corrected chi connectivity index (χ3v) is 7.42. The molecule has 0 saturated heterocycles. The molecule has 2 aromatic rings. The minimum atomic E-state index is 0.102. The van der Waals surface area contributed by atoms with E-state index in [1.165, 1.54) is 36.1 Å². The van der Waals surface area contributed by atoms with Crippen molar-refractivity contribution in [1.82, 2.24) is 5.32 Å². The molecule has 2 N–H and O–H groups in total. The van der Waals surface area contributed by atoms with Crippen LogP contribution in [0, 0.1) is 17.8 Å². The highest BCUT2D eigenvalue weighted by molar-refractivity contribution is 5.95. The second kappa shape index (κ2) is 5.85. The van der Waals surface area contributed by atoms with Gasteiger partial charge in [0, 0.05) is 17.3 Å². The molecular formula is C24H26N2O. The molecule has 5 atom stereocenters. The lowest BCUT2D eigenvalue weighted by Gasteiger charge is -2.43. The van der Waals surface area contributed by atoms with Gasteiger partial charge < -0.3 is 10.6 Å². The SMILES string of the molecule is O=C(NC1CC1)c1ccc2c(c1)[C@@H]1[C@H]3CC[C@@H](C3)[C@@H]1[C@@H](c1ccccc1)N2. The fraction of sp³-hybridized carbons (Fsp3) is 0.458. The molecular weight excluding hydrogens is 332 g/mol. The lowest BCUT2D eigenvalue weighted by molar-refractivity contribution is 0.0951. The average Bonchev–Trinajstić information content (AvgIpc) is 3.28. The molecule has 2 aromatic carbocycles. The van der Waals surface area contributed by atoms with Gasteiger partial charge in [-0.2, -0.15) is 0 Å². The molecule has 138 valence electrons. The van der Waals surface area contributed by atoms with Gasteiger partial charge >= 0.3 is 0 Å². The Bertz CT molecular complexity index is 889. The Kier molecular flexibility index (Phi) is 3.41. The largest absolute Gasteiger partial charge is 0.378 e. The van der Waals surface area contributed by atoms with E-state index in [2.05, 4.69) is 53.1 Å². The van der Waals surface area contributed by atoms with Gasteiger partial charge in [-0.05, 0) is 85.1 Å². The lowest BCUT2D eigenvalue weighted by Crippen LogP contribution is -2.35. The van der Waals surface area contributed by atoms with Crippen LogP contribution in [0.5, 0.6) is 0 Å². The molecule has 0 unspecified atom stereocenters. The number of rotatable bonds is 3. The van der Waals surface area contributed by atoms with E-state index >= 15 is 0 Å². The summed E-state index contributed by atoms with van der Waals surface area (Å²) in [6.45, 7) is 0. The summed E-state index contributed by atoms with van der Waals surface area (Å²) in [5.74, 6) is 2.95. The van der Waals surface area contributed by atoms with Crippen LogP contribution in [-0.4, -0.2) is 11.9 Å². The third-order valence-electron chi connectivity index (χ3n) is 7.42. The van der Waals surface area contributed by atoms with E-state index in [4.69, 9.17) is 0 Å². The molecule has 3 nitrogen and oxygen atoms in total. The zero-order chi connectivity index (χ0) is 18.0. The fourth-order valence-corrected chi connectivity index (χ4v) is 6.11. The van der Waals surface area contributed by atoms with Gasteiger partial charge in [0.05, 0.1) is 6.04 Å². The number of hydrogen-bond donors (Lipinski definition) is 2. The number of hydrogen-bond acceptors (Lipinski definition) is 2. The Labute approximate surface area is 160 Å². The van der Waals surface area contributed by atoms with Crippen molar-refractivity contribution in [2.45, 2.75) is 50.1 Å². The highest BCUT2D eigenvalue weighted by Gasteiger charge is 2.53. The molecule has 4 aliphatic rings. The number of anilines is 1. The lowest BCUT2D eigenvalue weighted by atomic mass is 9.68. The molecule has 3 aliphatic carbocycles. The van der Waals surface area contributed by atoms with Crippen molar-refractivity contribution >= 4 is 11.6 Å². The first kappa shape index (κ1) is 15.7. The van der Waals surface area contributed by atoms with Crippen LogP contribution in [0.2, 0.25) is 0 Å². The zero-order valence-electron chi connectivity index (χ0n) is 15.5. The quantitative estimate of drug-likeness (QED) is 0.821. The van der Waals surface area contributed by atoms with E-state index < -0.39 is 0 Å². The molecule has 27 heavy (non-hydrogen) atoms. The van der Waals surface area contributed by atoms with Crippen molar-refractivity contribution in [3.05, 3.63) is 65.2 Å². The molecule has 3 fully saturated rings. The Morgan fingerprint density at radius 3 is 2.59 bits per heavy atom. The van der Waals surface area contributed by atoms with Crippen molar-refractivity contribution in [2.24, 2.45) is 17.8 Å². The van der Waals surface area contributed by atoms with Crippen LogP contribution in [0.1, 0.15) is 65.5 Å². The summed E-state index contributed by atoms with van der Waals surface area (Å²) in [5.41, 5.74) is 4.87. The van der Waals surface area contributed by atoms with Crippen molar-refractivity contribution in [3.8, 4) is 0 Å². The van der Waals surface area contributed by atoms with Crippen LogP contribution in [0.3, 0.4) is 0 Å². The summed E-state index contributed by atoms with van der Waals surface area (Å²) in [7, 11) is 0. The molecule has 1 amide bonds.